The first-order valence-corrected chi connectivity index (χ1v) is 6.55. The van der Waals surface area contributed by atoms with E-state index >= 15 is 0 Å². The first kappa shape index (κ1) is 11.1. The van der Waals surface area contributed by atoms with E-state index in [1.54, 1.807) is 0 Å². The Morgan fingerprint density at radius 3 is 2.40 bits per heavy atom. The number of carbonyl (C=O) groups excluding carboxylic acids is 1. The summed E-state index contributed by atoms with van der Waals surface area (Å²) in [5, 5.41) is 3.29. The van der Waals surface area contributed by atoms with Crippen LogP contribution in [0.25, 0.3) is 0 Å². The highest BCUT2D eigenvalue weighted by Gasteiger charge is 2.31. The number of rotatable bonds is 3. The van der Waals surface area contributed by atoms with Gasteiger partial charge >= 0.3 is 0 Å². The normalized spacial score (nSPS) is 36.7. The zero-order valence-electron chi connectivity index (χ0n) is 9.80. The average molecular weight is 209 g/mol. The number of carbonyl (C=O) groups is 1. The summed E-state index contributed by atoms with van der Waals surface area (Å²) in [7, 11) is 0. The van der Waals surface area contributed by atoms with Crippen LogP contribution in [-0.4, -0.2) is 18.9 Å². The standard InChI is InChI=1S/C13H23NO/c1-2-10-3-5-11(6-4-10)13(15)12-7-8-14-9-12/h10-12,14H,2-9H2,1H3. The van der Waals surface area contributed by atoms with E-state index in [1.807, 2.05) is 0 Å². The maximum Gasteiger partial charge on any atom is 0.140 e. The van der Waals surface area contributed by atoms with Gasteiger partial charge in [0.25, 0.3) is 0 Å². The minimum absolute atomic E-state index is 0.341. The van der Waals surface area contributed by atoms with E-state index in [2.05, 4.69) is 12.2 Å². The lowest BCUT2D eigenvalue weighted by atomic mass is 9.76. The molecule has 2 heteroatoms. The van der Waals surface area contributed by atoms with Gasteiger partial charge in [-0.25, -0.2) is 0 Å². The van der Waals surface area contributed by atoms with E-state index in [-0.39, 0.29) is 0 Å². The van der Waals surface area contributed by atoms with Crippen molar-refractivity contribution in [1.29, 1.82) is 0 Å². The molecule has 2 nitrogen and oxygen atoms in total. The summed E-state index contributed by atoms with van der Waals surface area (Å²) < 4.78 is 0. The summed E-state index contributed by atoms with van der Waals surface area (Å²) in [6.07, 6.45) is 7.26. The van der Waals surface area contributed by atoms with Crippen molar-refractivity contribution in [2.75, 3.05) is 13.1 Å². The van der Waals surface area contributed by atoms with Crippen molar-refractivity contribution in [1.82, 2.24) is 5.32 Å². The predicted octanol–water partition coefficient (Wildman–Crippen LogP) is 2.38. The molecule has 0 aromatic heterocycles. The van der Waals surface area contributed by atoms with Gasteiger partial charge in [0.15, 0.2) is 0 Å². The molecule has 0 radical (unpaired) electrons. The second-order valence-corrected chi connectivity index (χ2v) is 5.22. The topological polar surface area (TPSA) is 29.1 Å². The first-order valence-electron chi connectivity index (χ1n) is 6.55. The van der Waals surface area contributed by atoms with Crippen LogP contribution in [0.5, 0.6) is 0 Å². The fourth-order valence-electron chi connectivity index (χ4n) is 3.09. The number of ketones is 1. The van der Waals surface area contributed by atoms with Crippen molar-refractivity contribution in [2.45, 2.75) is 45.4 Å². The van der Waals surface area contributed by atoms with Crippen LogP contribution in [0.3, 0.4) is 0 Å². The Balaban J connectivity index is 1.81. The molecule has 0 aromatic rings. The van der Waals surface area contributed by atoms with E-state index in [9.17, 15) is 4.79 Å². The minimum Gasteiger partial charge on any atom is -0.316 e. The first-order chi connectivity index (χ1) is 7.31. The smallest absolute Gasteiger partial charge is 0.140 e. The predicted molar refractivity (Wildman–Crippen MR) is 61.7 cm³/mol. The van der Waals surface area contributed by atoms with Crippen LogP contribution in [0.15, 0.2) is 0 Å². The van der Waals surface area contributed by atoms with Crippen LogP contribution in [0.4, 0.5) is 0 Å². The van der Waals surface area contributed by atoms with Crippen molar-refractivity contribution >= 4 is 5.78 Å². The van der Waals surface area contributed by atoms with Crippen molar-refractivity contribution in [2.24, 2.45) is 17.8 Å². The quantitative estimate of drug-likeness (QED) is 0.773. The summed E-state index contributed by atoms with van der Waals surface area (Å²) in [5.74, 6) is 2.20. The molecular formula is C13H23NO. The van der Waals surface area contributed by atoms with Gasteiger partial charge in [-0.3, -0.25) is 4.79 Å². The summed E-state index contributed by atoms with van der Waals surface area (Å²) >= 11 is 0. The molecule has 1 unspecified atom stereocenters. The van der Waals surface area contributed by atoms with Crippen molar-refractivity contribution < 1.29 is 4.79 Å². The third-order valence-corrected chi connectivity index (χ3v) is 4.29. The molecule has 1 aliphatic heterocycles. The lowest BCUT2D eigenvalue weighted by molar-refractivity contribution is -0.127. The summed E-state index contributed by atoms with van der Waals surface area (Å²) in [6, 6.07) is 0. The van der Waals surface area contributed by atoms with E-state index in [4.69, 9.17) is 0 Å². The molecule has 2 rings (SSSR count). The Labute approximate surface area is 92.8 Å². The van der Waals surface area contributed by atoms with Gasteiger partial charge in [-0.1, -0.05) is 13.3 Å². The minimum atomic E-state index is 0.341. The molecule has 1 saturated heterocycles. The van der Waals surface area contributed by atoms with Gasteiger partial charge in [0.2, 0.25) is 0 Å². The van der Waals surface area contributed by atoms with Crippen LogP contribution < -0.4 is 5.32 Å². The Kier molecular flexibility index (Phi) is 3.79. The second-order valence-electron chi connectivity index (χ2n) is 5.22. The largest absolute Gasteiger partial charge is 0.316 e. The van der Waals surface area contributed by atoms with Gasteiger partial charge in [-0.05, 0) is 44.6 Å². The lowest BCUT2D eigenvalue weighted by Crippen LogP contribution is -2.28. The molecule has 0 bridgehead atoms. The Morgan fingerprint density at radius 1 is 1.13 bits per heavy atom. The van der Waals surface area contributed by atoms with Crippen LogP contribution in [-0.2, 0) is 4.79 Å². The molecule has 0 aromatic carbocycles. The summed E-state index contributed by atoms with van der Waals surface area (Å²) in [4.78, 5) is 12.2. The molecule has 1 heterocycles. The van der Waals surface area contributed by atoms with Crippen LogP contribution >= 0.6 is 0 Å². The van der Waals surface area contributed by atoms with Crippen LogP contribution in [0.1, 0.15) is 45.4 Å². The zero-order chi connectivity index (χ0) is 10.7. The molecule has 2 fully saturated rings. The molecule has 86 valence electrons. The Hall–Kier alpha value is -0.370. The van der Waals surface area contributed by atoms with Crippen molar-refractivity contribution in [3.05, 3.63) is 0 Å². The van der Waals surface area contributed by atoms with Gasteiger partial charge in [0.05, 0.1) is 0 Å². The maximum absolute atomic E-state index is 12.2. The molecular weight excluding hydrogens is 186 g/mol. The van der Waals surface area contributed by atoms with E-state index in [0.717, 1.165) is 38.3 Å². The van der Waals surface area contributed by atoms with Gasteiger partial charge in [-0.2, -0.15) is 0 Å². The molecule has 1 N–H and O–H groups in total. The average Bonchev–Trinajstić information content (AvgIpc) is 2.82. The molecule has 1 aliphatic carbocycles. The monoisotopic (exact) mass is 209 g/mol. The molecule has 0 spiro atoms. The molecule has 15 heavy (non-hydrogen) atoms. The third-order valence-electron chi connectivity index (χ3n) is 4.29. The SMILES string of the molecule is CCC1CCC(C(=O)C2CCNC2)CC1. The van der Waals surface area contributed by atoms with Crippen LogP contribution in [0.2, 0.25) is 0 Å². The van der Waals surface area contributed by atoms with Gasteiger partial charge < -0.3 is 5.32 Å². The van der Waals surface area contributed by atoms with Crippen molar-refractivity contribution in [3.63, 3.8) is 0 Å². The molecule has 0 amide bonds. The maximum atomic E-state index is 12.2. The van der Waals surface area contributed by atoms with Gasteiger partial charge in [0.1, 0.15) is 5.78 Å². The number of nitrogens with one attached hydrogen (secondary N) is 1. The van der Waals surface area contributed by atoms with Crippen molar-refractivity contribution in [3.8, 4) is 0 Å². The van der Waals surface area contributed by atoms with Crippen LogP contribution in [0, 0.1) is 17.8 Å². The number of hydrogen-bond acceptors (Lipinski definition) is 2. The second kappa shape index (κ2) is 5.11. The fourth-order valence-corrected chi connectivity index (χ4v) is 3.09. The number of hydrogen-bond donors (Lipinski definition) is 1. The van der Waals surface area contributed by atoms with Gasteiger partial charge in [0, 0.05) is 18.4 Å². The molecule has 2 aliphatic rings. The zero-order valence-corrected chi connectivity index (χ0v) is 9.80. The van der Waals surface area contributed by atoms with E-state index < -0.39 is 0 Å². The Bertz CT molecular complexity index is 213. The highest BCUT2D eigenvalue weighted by atomic mass is 16.1. The highest BCUT2D eigenvalue weighted by Crippen LogP contribution is 2.33. The van der Waals surface area contributed by atoms with Gasteiger partial charge in [-0.15, -0.1) is 0 Å². The fraction of sp³-hybridized carbons (Fsp3) is 0.923. The number of Topliss-reactive ketones (excluding diaryl/α,β-unsaturated/α-hetero) is 1. The molecule has 1 atom stereocenters. The van der Waals surface area contributed by atoms with E-state index in [1.165, 1.54) is 19.3 Å². The summed E-state index contributed by atoms with van der Waals surface area (Å²) in [5.41, 5.74) is 0. The summed E-state index contributed by atoms with van der Waals surface area (Å²) in [6.45, 7) is 4.25. The highest BCUT2D eigenvalue weighted by molar-refractivity contribution is 5.84. The Morgan fingerprint density at radius 2 is 1.87 bits per heavy atom. The lowest BCUT2D eigenvalue weighted by Gasteiger charge is -2.28. The third kappa shape index (κ3) is 2.60. The van der Waals surface area contributed by atoms with E-state index in [0.29, 0.717) is 17.6 Å². The molecule has 1 saturated carbocycles.